The second kappa shape index (κ2) is 5.31. The molecule has 4 bridgehead atoms. The maximum Gasteiger partial charge on any atom is 0.120 e. The molecule has 0 saturated heterocycles. The van der Waals surface area contributed by atoms with Gasteiger partial charge < -0.3 is 10.4 Å². The Bertz CT molecular complexity index is 496. The molecule has 2 nitrogen and oxygen atoms in total. The molecule has 4 fully saturated rings. The first-order valence-corrected chi connectivity index (χ1v) is 8.70. The van der Waals surface area contributed by atoms with Gasteiger partial charge in [-0.05, 0) is 61.3 Å². The van der Waals surface area contributed by atoms with E-state index in [1.807, 2.05) is 18.2 Å². The molecule has 4 aliphatic rings. The normalized spacial score (nSPS) is 37.6. The zero-order valence-electron chi connectivity index (χ0n) is 12.9. The maximum absolute atomic E-state index is 9.88. The highest BCUT2D eigenvalue weighted by Gasteiger charge is 2.47. The van der Waals surface area contributed by atoms with E-state index in [-0.39, 0.29) is 0 Å². The smallest absolute Gasteiger partial charge is 0.120 e. The van der Waals surface area contributed by atoms with Crippen LogP contribution < -0.4 is 5.32 Å². The van der Waals surface area contributed by atoms with Gasteiger partial charge in [-0.15, -0.1) is 0 Å². The standard InChI is InChI=1S/C19H27NO/c21-18-4-2-1-3-17(18)12-20-13-19-9-14-5-6-15(10-19)8-16(7-14)11-19/h1-4,14-16,20-21H,5-13H2. The molecular formula is C19H27NO. The fourth-order valence-corrected chi connectivity index (χ4v) is 5.71. The van der Waals surface area contributed by atoms with Gasteiger partial charge in [-0.3, -0.25) is 0 Å². The lowest BCUT2D eigenvalue weighted by Crippen LogP contribution is -2.44. The van der Waals surface area contributed by atoms with Gasteiger partial charge in [0.25, 0.3) is 0 Å². The fourth-order valence-electron chi connectivity index (χ4n) is 5.71. The molecule has 5 rings (SSSR count). The molecule has 0 amide bonds. The number of benzene rings is 1. The van der Waals surface area contributed by atoms with E-state index in [4.69, 9.17) is 0 Å². The number of hydrogen-bond donors (Lipinski definition) is 2. The lowest BCUT2D eigenvalue weighted by atomic mass is 9.58. The van der Waals surface area contributed by atoms with E-state index in [0.717, 1.165) is 36.4 Å². The van der Waals surface area contributed by atoms with Crippen molar-refractivity contribution in [2.75, 3.05) is 6.54 Å². The minimum absolute atomic E-state index is 0.424. The Morgan fingerprint density at radius 2 is 1.67 bits per heavy atom. The van der Waals surface area contributed by atoms with Gasteiger partial charge in [-0.25, -0.2) is 0 Å². The molecule has 1 aromatic carbocycles. The average Bonchev–Trinajstić information content (AvgIpc) is 2.67. The van der Waals surface area contributed by atoms with Crippen molar-refractivity contribution in [3.8, 4) is 5.75 Å². The summed E-state index contributed by atoms with van der Waals surface area (Å²) in [5.74, 6) is 3.44. The zero-order valence-corrected chi connectivity index (χ0v) is 12.9. The summed E-state index contributed by atoms with van der Waals surface area (Å²) in [7, 11) is 0. The number of aromatic hydroxyl groups is 1. The summed E-state index contributed by atoms with van der Waals surface area (Å²) < 4.78 is 0. The third-order valence-corrected chi connectivity index (χ3v) is 6.29. The Morgan fingerprint density at radius 1 is 1.00 bits per heavy atom. The van der Waals surface area contributed by atoms with Crippen LogP contribution >= 0.6 is 0 Å². The number of phenolic OH excluding ortho intramolecular Hbond substituents is 1. The number of hydrogen-bond acceptors (Lipinski definition) is 2. The second-order valence-corrected chi connectivity index (χ2v) is 7.99. The van der Waals surface area contributed by atoms with Crippen molar-refractivity contribution in [2.45, 2.75) is 51.5 Å². The summed E-state index contributed by atoms with van der Waals surface area (Å²) >= 11 is 0. The van der Waals surface area contributed by atoms with Crippen LogP contribution in [-0.2, 0) is 6.54 Å². The first-order chi connectivity index (χ1) is 10.2. The zero-order chi connectivity index (χ0) is 14.3. The third-order valence-electron chi connectivity index (χ3n) is 6.29. The molecule has 2 atom stereocenters. The van der Waals surface area contributed by atoms with Crippen LogP contribution in [0.5, 0.6) is 5.75 Å². The molecule has 2 unspecified atom stereocenters. The van der Waals surface area contributed by atoms with Gasteiger partial charge in [0, 0.05) is 18.7 Å². The van der Waals surface area contributed by atoms with Crippen molar-refractivity contribution in [3.05, 3.63) is 29.8 Å². The largest absolute Gasteiger partial charge is 0.508 e. The SMILES string of the molecule is Oc1ccccc1CNCC12CC3CCC(CC(C3)C1)C2. The van der Waals surface area contributed by atoms with E-state index in [9.17, 15) is 5.11 Å². The molecule has 0 aliphatic heterocycles. The molecule has 0 radical (unpaired) electrons. The van der Waals surface area contributed by atoms with Gasteiger partial charge in [0.15, 0.2) is 0 Å². The molecule has 0 heterocycles. The lowest BCUT2D eigenvalue weighted by Gasteiger charge is -2.48. The van der Waals surface area contributed by atoms with Crippen LogP contribution in [0.2, 0.25) is 0 Å². The van der Waals surface area contributed by atoms with E-state index in [1.165, 1.54) is 44.9 Å². The summed E-state index contributed by atoms with van der Waals surface area (Å²) in [6.45, 7) is 1.94. The molecule has 1 aromatic rings. The van der Waals surface area contributed by atoms with Crippen molar-refractivity contribution < 1.29 is 5.11 Å². The minimum atomic E-state index is 0.424. The molecule has 4 saturated carbocycles. The van der Waals surface area contributed by atoms with Gasteiger partial charge in [0.2, 0.25) is 0 Å². The summed E-state index contributed by atoms with van der Waals surface area (Å²) in [5.41, 5.74) is 1.59. The predicted octanol–water partition coefficient (Wildman–Crippen LogP) is 4.09. The number of phenols is 1. The first kappa shape index (κ1) is 13.6. The predicted molar refractivity (Wildman–Crippen MR) is 85.0 cm³/mol. The average molecular weight is 285 g/mol. The fraction of sp³-hybridized carbons (Fsp3) is 0.684. The Kier molecular flexibility index (Phi) is 3.45. The van der Waals surface area contributed by atoms with Gasteiger partial charge in [0.05, 0.1) is 0 Å². The Hall–Kier alpha value is -1.02. The maximum atomic E-state index is 9.88. The van der Waals surface area contributed by atoms with Crippen molar-refractivity contribution in [3.63, 3.8) is 0 Å². The van der Waals surface area contributed by atoms with Gasteiger partial charge in [0.1, 0.15) is 5.75 Å². The topological polar surface area (TPSA) is 32.3 Å². The highest BCUT2D eigenvalue weighted by atomic mass is 16.3. The number of fused-ring (bicyclic) bond motifs is 1. The number of nitrogens with one attached hydrogen (secondary N) is 1. The Balaban J connectivity index is 1.41. The van der Waals surface area contributed by atoms with E-state index >= 15 is 0 Å². The highest BCUT2D eigenvalue weighted by Crippen LogP contribution is 2.57. The van der Waals surface area contributed by atoms with Gasteiger partial charge in [-0.1, -0.05) is 31.0 Å². The quantitative estimate of drug-likeness (QED) is 0.873. The van der Waals surface area contributed by atoms with Crippen LogP contribution in [0.1, 0.15) is 50.5 Å². The van der Waals surface area contributed by atoms with Gasteiger partial charge in [-0.2, -0.15) is 0 Å². The van der Waals surface area contributed by atoms with E-state index < -0.39 is 0 Å². The molecule has 4 aliphatic carbocycles. The number of rotatable bonds is 4. The number of para-hydroxylation sites is 1. The molecular weight excluding hydrogens is 258 g/mol. The Morgan fingerprint density at radius 3 is 2.38 bits per heavy atom. The van der Waals surface area contributed by atoms with Crippen LogP contribution in [0.15, 0.2) is 24.3 Å². The van der Waals surface area contributed by atoms with Crippen LogP contribution in [0, 0.1) is 23.2 Å². The minimum Gasteiger partial charge on any atom is -0.508 e. The van der Waals surface area contributed by atoms with Crippen molar-refractivity contribution in [1.29, 1.82) is 0 Å². The summed E-state index contributed by atoms with van der Waals surface area (Å²) in [4.78, 5) is 0. The second-order valence-electron chi connectivity index (χ2n) is 7.99. The molecule has 0 spiro atoms. The van der Waals surface area contributed by atoms with E-state index in [1.54, 1.807) is 6.07 Å². The van der Waals surface area contributed by atoms with Crippen LogP contribution in [0.4, 0.5) is 0 Å². The van der Waals surface area contributed by atoms with E-state index in [0.29, 0.717) is 11.2 Å². The summed E-state index contributed by atoms with van der Waals surface area (Å²) in [5, 5.41) is 13.5. The van der Waals surface area contributed by atoms with Crippen LogP contribution in [0.25, 0.3) is 0 Å². The van der Waals surface area contributed by atoms with Gasteiger partial charge >= 0.3 is 0 Å². The van der Waals surface area contributed by atoms with Crippen molar-refractivity contribution in [1.82, 2.24) is 5.32 Å². The summed E-state index contributed by atoms with van der Waals surface area (Å²) in [6.07, 6.45) is 10.4. The van der Waals surface area contributed by atoms with Crippen LogP contribution in [-0.4, -0.2) is 11.7 Å². The highest BCUT2D eigenvalue weighted by molar-refractivity contribution is 5.31. The summed E-state index contributed by atoms with van der Waals surface area (Å²) in [6, 6.07) is 7.70. The molecule has 21 heavy (non-hydrogen) atoms. The lowest BCUT2D eigenvalue weighted by molar-refractivity contribution is 0.0346. The Labute approximate surface area is 128 Å². The van der Waals surface area contributed by atoms with Crippen molar-refractivity contribution in [2.24, 2.45) is 23.2 Å². The first-order valence-electron chi connectivity index (χ1n) is 8.70. The molecule has 2 heteroatoms. The molecule has 114 valence electrons. The third kappa shape index (κ3) is 2.70. The molecule has 0 aromatic heterocycles. The van der Waals surface area contributed by atoms with E-state index in [2.05, 4.69) is 5.32 Å². The monoisotopic (exact) mass is 285 g/mol. The van der Waals surface area contributed by atoms with Crippen molar-refractivity contribution >= 4 is 0 Å². The molecule has 2 N–H and O–H groups in total. The van der Waals surface area contributed by atoms with Crippen LogP contribution in [0.3, 0.4) is 0 Å².